The van der Waals surface area contributed by atoms with Gasteiger partial charge in [0.25, 0.3) is 6.71 Å². The van der Waals surface area contributed by atoms with Crippen molar-refractivity contribution in [2.24, 2.45) is 0 Å². The van der Waals surface area contributed by atoms with Crippen LogP contribution in [-0.4, -0.2) is 30.8 Å². The van der Waals surface area contributed by atoms with Crippen molar-refractivity contribution in [1.82, 2.24) is 24.1 Å². The van der Waals surface area contributed by atoms with Crippen molar-refractivity contribution in [1.29, 1.82) is 0 Å². The predicted octanol–water partition coefficient (Wildman–Crippen LogP) is 24.2. The molecule has 2 saturated carbocycles. The van der Waals surface area contributed by atoms with Gasteiger partial charge >= 0.3 is 0 Å². The molecule has 0 spiro atoms. The van der Waals surface area contributed by atoms with Crippen LogP contribution in [0, 0.1) is 0 Å². The first-order chi connectivity index (χ1) is 49.6. The second-order valence-electron chi connectivity index (χ2n) is 34.8. The maximum absolute atomic E-state index is 5.96. The Morgan fingerprint density at radius 1 is 0.301 bits per heavy atom. The summed E-state index contributed by atoms with van der Waals surface area (Å²) < 4.78 is 5.51. The second kappa shape index (κ2) is 24.4. The fraction of sp³-hybridized carbons (Fsp3) is 0.289. The van der Waals surface area contributed by atoms with Gasteiger partial charge in [-0.3, -0.25) is 0 Å². The molecule has 0 radical (unpaired) electrons. The van der Waals surface area contributed by atoms with E-state index < -0.39 is 0 Å². The molecule has 2 aliphatic carbocycles. The summed E-state index contributed by atoms with van der Waals surface area (Å²) in [5, 5.41) is 5.47. The lowest BCUT2D eigenvalue weighted by atomic mass is 9.34. The summed E-state index contributed by atoms with van der Waals surface area (Å²) in [6.45, 7) is 27.8. The molecule has 2 aliphatic heterocycles. The van der Waals surface area contributed by atoms with Crippen LogP contribution >= 0.6 is 0 Å². The Labute approximate surface area is 609 Å². The molecule has 510 valence electrons. The Morgan fingerprint density at radius 3 is 0.951 bits per heavy atom. The zero-order valence-corrected chi connectivity index (χ0v) is 62.3. The molecule has 0 unspecified atom stereocenters. The molecule has 5 nitrogen and oxygen atoms in total. The molecule has 103 heavy (non-hydrogen) atoms. The van der Waals surface area contributed by atoms with Gasteiger partial charge in [0.2, 0.25) is 0 Å². The van der Waals surface area contributed by atoms with Crippen molar-refractivity contribution in [3.63, 3.8) is 0 Å². The van der Waals surface area contributed by atoms with Crippen LogP contribution in [0.3, 0.4) is 0 Å². The molecule has 0 bridgehead atoms. The van der Waals surface area contributed by atoms with E-state index in [2.05, 4.69) is 311 Å². The summed E-state index contributed by atoms with van der Waals surface area (Å²) in [6.07, 6.45) is 12.3. The van der Waals surface area contributed by atoms with Gasteiger partial charge in [-0.15, -0.1) is 0 Å². The standard InChI is InChI=1S/C97H94BN5/c1-94(2,3)70-47-67(48-71(57-70)95(4,5)6)91-99-92(68-49-72(96(7,8)9)58-73(50-68)97(10,11)12)101-93(100-91)69-55-82-88-83(56-69)103-81-54-66(60-33-21-14-22-34-60)52-77(64-41-29-18-30-42-64)85(81)87-75(62-37-25-16-26-38-62)44-46-79(90(87)103)98(88)78-45-43-74(61-35-23-15-24-36-61)86-84-76(63-39-27-17-28-40-63)51-65(59-31-19-13-20-32-59)53-80(84)102(82)89(78)86/h13-14,17-22,27-34,39-58,61-62H,15-16,23-26,35-38H2,1-12H3. The van der Waals surface area contributed by atoms with E-state index >= 15 is 0 Å². The number of benzene rings is 11. The first-order valence-corrected chi connectivity index (χ1v) is 38.4. The van der Waals surface area contributed by atoms with E-state index in [4.69, 9.17) is 15.0 Å². The van der Waals surface area contributed by atoms with Gasteiger partial charge in [0.05, 0.1) is 11.0 Å². The summed E-state index contributed by atoms with van der Waals surface area (Å²) in [7, 11) is 0. The number of aromatic nitrogens is 5. The number of nitrogens with zero attached hydrogens (tertiary/aromatic N) is 5. The number of fused-ring (bicyclic) bond motifs is 10. The minimum Gasteiger partial charge on any atom is -0.310 e. The Hall–Kier alpha value is -9.91. The highest BCUT2D eigenvalue weighted by Gasteiger charge is 2.44. The quantitative estimate of drug-likeness (QED) is 0.135. The molecule has 14 aromatic rings. The molecule has 0 N–H and O–H groups in total. The van der Waals surface area contributed by atoms with Gasteiger partial charge in [-0.2, -0.15) is 0 Å². The lowest BCUT2D eigenvalue weighted by Gasteiger charge is -2.35. The van der Waals surface area contributed by atoms with Crippen molar-refractivity contribution in [2.45, 2.75) is 181 Å². The van der Waals surface area contributed by atoms with Crippen LogP contribution in [0.2, 0.25) is 0 Å². The lowest BCUT2D eigenvalue weighted by Crippen LogP contribution is -2.59. The summed E-state index contributed by atoms with van der Waals surface area (Å²) in [5.41, 5.74) is 31.6. The highest BCUT2D eigenvalue weighted by atomic mass is 15.1. The van der Waals surface area contributed by atoms with Crippen LogP contribution in [0.4, 0.5) is 0 Å². The monoisotopic (exact) mass is 1340 g/mol. The molecule has 0 amide bonds. The molecule has 4 aliphatic rings. The molecule has 11 aromatic carbocycles. The summed E-state index contributed by atoms with van der Waals surface area (Å²) in [4.78, 5) is 17.7. The van der Waals surface area contributed by atoms with Crippen molar-refractivity contribution >= 4 is 66.7 Å². The van der Waals surface area contributed by atoms with Crippen molar-refractivity contribution in [3.8, 4) is 90.0 Å². The van der Waals surface area contributed by atoms with E-state index in [1.165, 1.54) is 213 Å². The average Bonchev–Trinajstić information content (AvgIpc) is 1.53. The minimum absolute atomic E-state index is 0.114. The molecule has 5 heterocycles. The van der Waals surface area contributed by atoms with Crippen LogP contribution in [0.5, 0.6) is 0 Å². The fourth-order valence-electron chi connectivity index (χ4n) is 18.3. The lowest BCUT2D eigenvalue weighted by molar-refractivity contribution is 0.445. The molecule has 0 saturated heterocycles. The van der Waals surface area contributed by atoms with Crippen LogP contribution in [0.25, 0.3) is 134 Å². The van der Waals surface area contributed by atoms with Crippen LogP contribution in [-0.2, 0) is 21.7 Å². The first kappa shape index (κ1) is 65.1. The Morgan fingerprint density at radius 2 is 0.621 bits per heavy atom. The van der Waals surface area contributed by atoms with Gasteiger partial charge in [-0.1, -0.05) is 279 Å². The van der Waals surface area contributed by atoms with Crippen molar-refractivity contribution in [3.05, 3.63) is 252 Å². The average molecular weight is 1340 g/mol. The molecule has 3 aromatic heterocycles. The number of hydrogen-bond donors (Lipinski definition) is 0. The maximum Gasteiger partial charge on any atom is 0.252 e. The SMILES string of the molecule is CC(C)(C)c1cc(-c2nc(-c3cc(C(C)(C)C)cc(C(C)(C)C)c3)nc(-c3cc4c5c(c3)-n3c6cc(-c7ccccc7)cc(-c7ccccc7)c6c6c(C7CCCCC7)ccc(c63)B5c3ccc(C5CCCCC5)c5c6c(-c7ccccc7)cc(-c7ccccc7)cc6n-4c35)n2)cc(C(C)(C)C)c1. The van der Waals surface area contributed by atoms with Gasteiger partial charge in [-0.05, 0) is 214 Å². The third-order valence-electron chi connectivity index (χ3n) is 23.9. The first-order valence-electron chi connectivity index (χ1n) is 38.4. The third kappa shape index (κ3) is 11.1. The van der Waals surface area contributed by atoms with E-state index in [0.29, 0.717) is 29.3 Å². The fourth-order valence-corrected chi connectivity index (χ4v) is 18.3. The molecule has 2 fully saturated rings. The van der Waals surface area contributed by atoms with E-state index in [-0.39, 0.29) is 28.4 Å². The largest absolute Gasteiger partial charge is 0.310 e. The molecule has 0 atom stereocenters. The summed E-state index contributed by atoms with van der Waals surface area (Å²) in [5.74, 6) is 2.86. The molecular weight excluding hydrogens is 1250 g/mol. The van der Waals surface area contributed by atoms with Crippen molar-refractivity contribution in [2.75, 3.05) is 0 Å². The third-order valence-corrected chi connectivity index (χ3v) is 23.9. The Balaban J connectivity index is 1.04. The van der Waals surface area contributed by atoms with Crippen LogP contribution in [0.15, 0.2) is 218 Å². The zero-order chi connectivity index (χ0) is 70.6. The van der Waals surface area contributed by atoms with E-state index in [0.717, 1.165) is 16.7 Å². The van der Waals surface area contributed by atoms with Crippen LogP contribution in [0.1, 0.15) is 193 Å². The smallest absolute Gasteiger partial charge is 0.252 e. The van der Waals surface area contributed by atoms with Gasteiger partial charge in [-0.25, -0.2) is 15.0 Å². The highest BCUT2D eigenvalue weighted by molar-refractivity contribution is 7.00. The molecule has 6 heteroatoms. The number of rotatable bonds is 9. The van der Waals surface area contributed by atoms with Gasteiger partial charge < -0.3 is 9.13 Å². The van der Waals surface area contributed by atoms with E-state index in [1.54, 1.807) is 0 Å². The summed E-state index contributed by atoms with van der Waals surface area (Å²) in [6, 6.07) is 84.7. The van der Waals surface area contributed by atoms with E-state index in [9.17, 15) is 0 Å². The van der Waals surface area contributed by atoms with Gasteiger partial charge in [0, 0.05) is 60.6 Å². The minimum atomic E-state index is -0.146. The topological polar surface area (TPSA) is 48.5 Å². The maximum atomic E-state index is 5.96. The van der Waals surface area contributed by atoms with Gasteiger partial charge in [0.15, 0.2) is 17.5 Å². The van der Waals surface area contributed by atoms with E-state index in [1.807, 2.05) is 0 Å². The number of hydrogen-bond acceptors (Lipinski definition) is 3. The molecular formula is C97H94BN5. The highest BCUT2D eigenvalue weighted by Crippen LogP contribution is 2.52. The van der Waals surface area contributed by atoms with Gasteiger partial charge in [0.1, 0.15) is 0 Å². The van der Waals surface area contributed by atoms with Crippen LogP contribution < -0.4 is 16.4 Å². The Bertz CT molecular complexity index is 5310. The summed E-state index contributed by atoms with van der Waals surface area (Å²) >= 11 is 0. The zero-order valence-electron chi connectivity index (χ0n) is 62.3. The Kier molecular flexibility index (Phi) is 15.4. The van der Waals surface area contributed by atoms with Crippen molar-refractivity contribution < 1.29 is 0 Å². The normalized spacial score (nSPS) is 15.1. The predicted molar refractivity (Wildman–Crippen MR) is 438 cm³/mol. The molecule has 18 rings (SSSR count). The second-order valence-corrected chi connectivity index (χ2v) is 34.8.